The van der Waals surface area contributed by atoms with E-state index >= 15 is 0 Å². The predicted octanol–water partition coefficient (Wildman–Crippen LogP) is 3.75. The first-order chi connectivity index (χ1) is 16.1. The molecule has 0 saturated carbocycles. The van der Waals surface area contributed by atoms with Crippen molar-refractivity contribution in [1.29, 1.82) is 0 Å². The molecule has 2 aliphatic rings. The highest BCUT2D eigenvalue weighted by atomic mass is 32.1. The van der Waals surface area contributed by atoms with E-state index in [4.69, 9.17) is 4.98 Å². The Morgan fingerprint density at radius 1 is 1.15 bits per heavy atom. The molecule has 0 radical (unpaired) electrons. The van der Waals surface area contributed by atoms with E-state index in [1.807, 2.05) is 6.92 Å². The Kier molecular flexibility index (Phi) is 6.59. The van der Waals surface area contributed by atoms with Gasteiger partial charge < -0.3 is 15.1 Å². The lowest BCUT2D eigenvalue weighted by Crippen LogP contribution is -2.45. The summed E-state index contributed by atoms with van der Waals surface area (Å²) >= 11 is 1.62. The van der Waals surface area contributed by atoms with Crippen molar-refractivity contribution in [3.8, 4) is 5.69 Å². The number of aromatic nitrogens is 3. The smallest absolute Gasteiger partial charge is 0.224 e. The third-order valence-corrected chi connectivity index (χ3v) is 7.90. The first kappa shape index (κ1) is 22.3. The number of amides is 1. The molecule has 176 valence electrons. The summed E-state index contributed by atoms with van der Waals surface area (Å²) in [6, 6.07) is 6.30. The number of hydrogen-bond acceptors (Lipinski definition) is 6. The maximum atomic E-state index is 13.4. The Hall–Kier alpha value is -2.52. The maximum Gasteiger partial charge on any atom is 0.224 e. The molecule has 1 N–H and O–H groups in total. The number of carbonyl (C=O) groups excluding carboxylic acids is 1. The molecule has 3 aromatic rings. The molecule has 9 heteroatoms. The zero-order valence-corrected chi connectivity index (χ0v) is 19.9. The number of thiazole rings is 1. The van der Waals surface area contributed by atoms with Crippen molar-refractivity contribution in [2.75, 3.05) is 44.2 Å². The fourth-order valence-electron chi connectivity index (χ4n) is 4.85. The van der Waals surface area contributed by atoms with Gasteiger partial charge >= 0.3 is 0 Å². The van der Waals surface area contributed by atoms with Crippen LogP contribution in [0.2, 0.25) is 0 Å². The van der Waals surface area contributed by atoms with E-state index < -0.39 is 0 Å². The van der Waals surface area contributed by atoms with Gasteiger partial charge in [-0.15, -0.1) is 0 Å². The van der Waals surface area contributed by atoms with Gasteiger partial charge in [0, 0.05) is 26.2 Å². The number of anilines is 1. The zero-order chi connectivity index (χ0) is 22.8. The second-order valence-corrected chi connectivity index (χ2v) is 10.1. The van der Waals surface area contributed by atoms with Crippen LogP contribution in [0.5, 0.6) is 0 Å². The summed E-state index contributed by atoms with van der Waals surface area (Å²) in [4.78, 5) is 22.4. The Labute approximate surface area is 197 Å². The van der Waals surface area contributed by atoms with E-state index in [1.54, 1.807) is 28.2 Å². The summed E-state index contributed by atoms with van der Waals surface area (Å²) in [5, 5.41) is 8.70. The van der Waals surface area contributed by atoms with Crippen molar-refractivity contribution in [1.82, 2.24) is 25.0 Å². The average Bonchev–Trinajstić information content (AvgIpc) is 3.41. The lowest BCUT2D eigenvalue weighted by molar-refractivity contribution is -0.125. The molecule has 0 aliphatic carbocycles. The number of hydrogen-bond donors (Lipinski definition) is 1. The highest BCUT2D eigenvalue weighted by Crippen LogP contribution is 2.34. The number of fused-ring (bicyclic) bond motifs is 1. The van der Waals surface area contributed by atoms with Crippen molar-refractivity contribution < 1.29 is 9.18 Å². The Morgan fingerprint density at radius 2 is 1.94 bits per heavy atom. The topological polar surface area (TPSA) is 66.3 Å². The van der Waals surface area contributed by atoms with E-state index in [0.29, 0.717) is 6.54 Å². The molecule has 1 unspecified atom stereocenters. The largest absolute Gasteiger partial charge is 0.355 e. The van der Waals surface area contributed by atoms with Crippen molar-refractivity contribution in [3.63, 3.8) is 0 Å². The van der Waals surface area contributed by atoms with Gasteiger partial charge in [-0.3, -0.25) is 4.79 Å². The van der Waals surface area contributed by atoms with Crippen LogP contribution in [0.15, 0.2) is 24.3 Å². The Morgan fingerprint density at radius 3 is 2.73 bits per heavy atom. The van der Waals surface area contributed by atoms with E-state index in [9.17, 15) is 9.18 Å². The molecule has 2 saturated heterocycles. The molecule has 4 heterocycles. The molecular weight excluding hydrogens is 439 g/mol. The Bertz CT molecular complexity index is 1100. The zero-order valence-electron chi connectivity index (χ0n) is 19.1. The van der Waals surface area contributed by atoms with E-state index in [2.05, 4.69) is 20.2 Å². The third kappa shape index (κ3) is 4.89. The Balaban J connectivity index is 1.25. The number of aryl methyl sites for hydroxylation is 1. The lowest BCUT2D eigenvalue weighted by atomic mass is 9.97. The monoisotopic (exact) mass is 470 g/mol. The third-order valence-electron chi connectivity index (χ3n) is 6.69. The summed E-state index contributed by atoms with van der Waals surface area (Å²) < 4.78 is 16.2. The van der Waals surface area contributed by atoms with E-state index in [-0.39, 0.29) is 17.6 Å². The predicted molar refractivity (Wildman–Crippen MR) is 130 cm³/mol. The van der Waals surface area contributed by atoms with Crippen LogP contribution in [0.25, 0.3) is 16.0 Å². The fraction of sp³-hybridized carbons (Fsp3) is 0.542. The second-order valence-electron chi connectivity index (χ2n) is 9.10. The van der Waals surface area contributed by atoms with E-state index in [1.165, 1.54) is 31.4 Å². The molecule has 7 nitrogen and oxygen atoms in total. The van der Waals surface area contributed by atoms with Crippen LogP contribution < -0.4 is 10.2 Å². The van der Waals surface area contributed by atoms with Crippen LogP contribution in [-0.2, 0) is 4.79 Å². The standard InChI is InChI=1S/C24H31FN6OS/c1-17-21-22(31(28-17)20-9-7-19(25)8-10-20)27-24(33-21)30-14-5-6-18(16-30)23(32)26-11-15-29-12-3-2-4-13-29/h7-10,18H,2-6,11-16H2,1H3,(H,26,32). The summed E-state index contributed by atoms with van der Waals surface area (Å²) in [7, 11) is 0. The molecule has 1 aromatic carbocycles. The number of carbonyl (C=O) groups is 1. The lowest BCUT2D eigenvalue weighted by Gasteiger charge is -2.32. The summed E-state index contributed by atoms with van der Waals surface area (Å²) in [6.07, 6.45) is 5.76. The molecule has 1 atom stereocenters. The summed E-state index contributed by atoms with van der Waals surface area (Å²) in [5.41, 5.74) is 2.48. The van der Waals surface area contributed by atoms with Gasteiger partial charge in [0.05, 0.1) is 22.0 Å². The molecule has 0 bridgehead atoms. The number of nitrogens with zero attached hydrogens (tertiary/aromatic N) is 5. The molecule has 2 aromatic heterocycles. The van der Waals surface area contributed by atoms with Crippen molar-refractivity contribution in [3.05, 3.63) is 35.8 Å². The van der Waals surface area contributed by atoms with Gasteiger partial charge in [0.2, 0.25) is 5.91 Å². The highest BCUT2D eigenvalue weighted by Gasteiger charge is 2.28. The number of benzene rings is 1. The minimum Gasteiger partial charge on any atom is -0.355 e. The van der Waals surface area contributed by atoms with Crippen molar-refractivity contribution in [2.45, 2.75) is 39.0 Å². The first-order valence-electron chi connectivity index (χ1n) is 12.0. The van der Waals surface area contributed by atoms with E-state index in [0.717, 1.165) is 72.4 Å². The van der Waals surface area contributed by atoms with Crippen LogP contribution in [-0.4, -0.2) is 64.8 Å². The number of nitrogens with one attached hydrogen (secondary N) is 1. The fourth-order valence-corrected chi connectivity index (χ4v) is 5.87. The summed E-state index contributed by atoms with van der Waals surface area (Å²) in [5.74, 6) is -0.125. The molecule has 1 amide bonds. The van der Waals surface area contributed by atoms with Gasteiger partial charge in [-0.25, -0.2) is 9.07 Å². The van der Waals surface area contributed by atoms with Gasteiger partial charge in [0.1, 0.15) is 5.82 Å². The SMILES string of the molecule is Cc1nn(-c2ccc(F)cc2)c2nc(N3CCCC(C(=O)NCCN4CCCCC4)C3)sc12. The summed E-state index contributed by atoms with van der Waals surface area (Å²) in [6.45, 7) is 7.53. The van der Waals surface area contributed by atoms with Gasteiger partial charge in [-0.05, 0) is 70.0 Å². The molecule has 0 spiro atoms. The van der Waals surface area contributed by atoms with Crippen LogP contribution in [0.4, 0.5) is 9.52 Å². The molecule has 2 aliphatic heterocycles. The van der Waals surface area contributed by atoms with Crippen molar-refractivity contribution in [2.24, 2.45) is 5.92 Å². The number of piperidine rings is 2. The quantitative estimate of drug-likeness (QED) is 0.594. The van der Waals surface area contributed by atoms with Crippen LogP contribution in [0.3, 0.4) is 0 Å². The van der Waals surface area contributed by atoms with Crippen LogP contribution >= 0.6 is 11.3 Å². The van der Waals surface area contributed by atoms with Gasteiger partial charge in [-0.2, -0.15) is 10.1 Å². The second kappa shape index (κ2) is 9.77. The molecular formula is C24H31FN6OS. The van der Waals surface area contributed by atoms with Crippen LogP contribution in [0, 0.1) is 18.7 Å². The van der Waals surface area contributed by atoms with Crippen LogP contribution in [0.1, 0.15) is 37.8 Å². The maximum absolute atomic E-state index is 13.4. The molecule has 2 fully saturated rings. The van der Waals surface area contributed by atoms with Gasteiger partial charge in [0.25, 0.3) is 0 Å². The molecule has 33 heavy (non-hydrogen) atoms. The van der Waals surface area contributed by atoms with Gasteiger partial charge in [0.15, 0.2) is 10.8 Å². The molecule has 5 rings (SSSR count). The van der Waals surface area contributed by atoms with Gasteiger partial charge in [-0.1, -0.05) is 17.8 Å². The highest BCUT2D eigenvalue weighted by molar-refractivity contribution is 7.22. The number of rotatable bonds is 6. The number of halogens is 1. The average molecular weight is 471 g/mol. The minimum absolute atomic E-state index is 0.0122. The first-order valence-corrected chi connectivity index (χ1v) is 12.8. The minimum atomic E-state index is -0.272. The number of likely N-dealkylation sites (tertiary alicyclic amines) is 1. The normalized spacial score (nSPS) is 19.8. The van der Waals surface area contributed by atoms with Crippen molar-refractivity contribution >= 4 is 32.7 Å².